The van der Waals surface area contributed by atoms with Crippen molar-refractivity contribution in [3.8, 4) is 0 Å². The summed E-state index contributed by atoms with van der Waals surface area (Å²) < 4.78 is 3.96. The van der Waals surface area contributed by atoms with E-state index in [0.29, 0.717) is 0 Å². The molecule has 128 valence electrons. The van der Waals surface area contributed by atoms with E-state index in [9.17, 15) is 0 Å². The molecule has 0 atom stereocenters. The lowest BCUT2D eigenvalue weighted by Gasteiger charge is -1.99. The molecule has 6 nitrogen and oxygen atoms in total. The van der Waals surface area contributed by atoms with Crippen LogP contribution >= 0.6 is 0 Å². The Balaban J connectivity index is 1.47. The molecule has 4 heterocycles. The normalized spacial score (nSPS) is 11.8. The quantitative estimate of drug-likeness (QED) is 0.505. The van der Waals surface area contributed by atoms with Crippen molar-refractivity contribution in [2.45, 2.75) is 26.7 Å². The van der Waals surface area contributed by atoms with Gasteiger partial charge in [0.15, 0.2) is 17.1 Å². The smallest absolute Gasteiger partial charge is 0.163 e. The van der Waals surface area contributed by atoms with E-state index in [4.69, 9.17) is 9.97 Å². The molecule has 0 saturated carbocycles. The highest BCUT2D eigenvalue weighted by molar-refractivity contribution is 5.93. The lowest BCUT2D eigenvalue weighted by Crippen LogP contribution is -1.94. The minimum atomic E-state index is 0.755. The molecule has 0 bridgehead atoms. The van der Waals surface area contributed by atoms with E-state index in [1.165, 1.54) is 5.39 Å². The molecule has 5 rings (SSSR count). The maximum absolute atomic E-state index is 4.75. The number of fused-ring (bicyclic) bond motifs is 4. The second-order valence-corrected chi connectivity index (χ2v) is 6.61. The van der Waals surface area contributed by atoms with Crippen LogP contribution in [0.15, 0.2) is 48.9 Å². The number of aryl methyl sites for hydroxylation is 4. The van der Waals surface area contributed by atoms with E-state index in [1.54, 1.807) is 0 Å². The van der Waals surface area contributed by atoms with Gasteiger partial charge in [-0.05, 0) is 31.7 Å². The average Bonchev–Trinajstić information content (AvgIpc) is 3.28. The minimum Gasteiger partial charge on any atom is -0.301 e. The standard InChI is InChI=1S/C20H18N6/c1-13-11-21-14(2)19-22-16(12-25(13)19)7-8-18-23-20-17-6-4-3-5-15(17)9-10-26(20)24-18/h3-6,9-12H,7-8H2,1-2H3. The van der Waals surface area contributed by atoms with Crippen LogP contribution in [-0.4, -0.2) is 29.0 Å². The van der Waals surface area contributed by atoms with Gasteiger partial charge in [0.25, 0.3) is 0 Å². The topological polar surface area (TPSA) is 60.4 Å². The Kier molecular flexibility index (Phi) is 3.25. The molecule has 1 aromatic carbocycles. The van der Waals surface area contributed by atoms with E-state index in [1.807, 2.05) is 42.9 Å². The van der Waals surface area contributed by atoms with E-state index < -0.39 is 0 Å². The summed E-state index contributed by atoms with van der Waals surface area (Å²) in [5.41, 5.74) is 4.90. The van der Waals surface area contributed by atoms with Gasteiger partial charge in [-0.25, -0.2) is 14.5 Å². The molecule has 0 aliphatic carbocycles. The van der Waals surface area contributed by atoms with Gasteiger partial charge >= 0.3 is 0 Å². The first-order chi connectivity index (χ1) is 12.7. The average molecular weight is 342 g/mol. The van der Waals surface area contributed by atoms with Crippen LogP contribution in [0.2, 0.25) is 0 Å². The van der Waals surface area contributed by atoms with E-state index in [0.717, 1.165) is 52.4 Å². The Morgan fingerprint density at radius 2 is 1.85 bits per heavy atom. The molecule has 0 unspecified atom stereocenters. The van der Waals surface area contributed by atoms with Gasteiger partial charge in [-0.15, -0.1) is 0 Å². The first-order valence-corrected chi connectivity index (χ1v) is 8.72. The van der Waals surface area contributed by atoms with Crippen LogP contribution in [0.1, 0.15) is 22.9 Å². The number of nitrogens with zero attached hydrogens (tertiary/aromatic N) is 6. The van der Waals surface area contributed by atoms with Crippen molar-refractivity contribution >= 4 is 22.1 Å². The van der Waals surface area contributed by atoms with Crippen molar-refractivity contribution in [3.05, 3.63) is 71.8 Å². The summed E-state index contributed by atoms with van der Waals surface area (Å²) >= 11 is 0. The zero-order chi connectivity index (χ0) is 17.7. The second-order valence-electron chi connectivity index (χ2n) is 6.61. The summed E-state index contributed by atoms with van der Waals surface area (Å²) in [4.78, 5) is 13.9. The summed E-state index contributed by atoms with van der Waals surface area (Å²) in [5.74, 6) is 0.838. The lowest BCUT2D eigenvalue weighted by atomic mass is 10.2. The minimum absolute atomic E-state index is 0.755. The lowest BCUT2D eigenvalue weighted by molar-refractivity contribution is 0.825. The van der Waals surface area contributed by atoms with Crippen LogP contribution in [-0.2, 0) is 12.8 Å². The maximum atomic E-state index is 4.75. The Hall–Kier alpha value is -3.28. The molecule has 0 fully saturated rings. The number of pyridine rings is 1. The van der Waals surface area contributed by atoms with Gasteiger partial charge in [0.05, 0.1) is 11.4 Å². The van der Waals surface area contributed by atoms with Gasteiger partial charge < -0.3 is 4.40 Å². The van der Waals surface area contributed by atoms with E-state index >= 15 is 0 Å². The summed E-state index contributed by atoms with van der Waals surface area (Å²) in [7, 11) is 0. The van der Waals surface area contributed by atoms with Gasteiger partial charge in [-0.2, -0.15) is 5.10 Å². The highest BCUT2D eigenvalue weighted by Crippen LogP contribution is 2.19. The van der Waals surface area contributed by atoms with Crippen LogP contribution in [0.25, 0.3) is 22.1 Å². The molecular weight excluding hydrogens is 324 g/mol. The molecular formula is C20H18N6. The number of hydrogen-bond acceptors (Lipinski definition) is 4. The molecule has 0 radical (unpaired) electrons. The van der Waals surface area contributed by atoms with Crippen molar-refractivity contribution in [2.24, 2.45) is 0 Å². The number of benzene rings is 1. The Morgan fingerprint density at radius 1 is 0.962 bits per heavy atom. The largest absolute Gasteiger partial charge is 0.301 e. The van der Waals surface area contributed by atoms with Gasteiger partial charge in [0, 0.05) is 36.1 Å². The third-order valence-electron chi connectivity index (χ3n) is 4.78. The molecule has 0 aliphatic rings. The van der Waals surface area contributed by atoms with Gasteiger partial charge in [-0.3, -0.25) is 4.98 Å². The highest BCUT2D eigenvalue weighted by atomic mass is 15.3. The predicted octanol–water partition coefficient (Wildman–Crippen LogP) is 3.33. The number of hydrogen-bond donors (Lipinski definition) is 0. The molecule has 0 amide bonds. The molecule has 0 spiro atoms. The molecule has 0 saturated heterocycles. The zero-order valence-corrected chi connectivity index (χ0v) is 14.7. The summed E-state index contributed by atoms with van der Waals surface area (Å²) in [6, 6.07) is 10.3. The Labute approximate surface area is 150 Å². The molecule has 4 aromatic heterocycles. The van der Waals surface area contributed by atoms with Gasteiger partial charge in [-0.1, -0.05) is 24.3 Å². The van der Waals surface area contributed by atoms with Crippen molar-refractivity contribution < 1.29 is 0 Å². The Morgan fingerprint density at radius 3 is 2.73 bits per heavy atom. The first-order valence-electron chi connectivity index (χ1n) is 8.72. The molecule has 5 aromatic rings. The maximum Gasteiger partial charge on any atom is 0.163 e. The fourth-order valence-electron chi connectivity index (χ4n) is 3.38. The second kappa shape index (κ2) is 5.62. The van der Waals surface area contributed by atoms with Gasteiger partial charge in [0.1, 0.15) is 0 Å². The zero-order valence-electron chi connectivity index (χ0n) is 14.7. The van der Waals surface area contributed by atoms with Crippen molar-refractivity contribution in [2.75, 3.05) is 0 Å². The van der Waals surface area contributed by atoms with Crippen LogP contribution < -0.4 is 0 Å². The highest BCUT2D eigenvalue weighted by Gasteiger charge is 2.10. The molecule has 0 N–H and O–H groups in total. The number of imidazole rings is 1. The number of aromatic nitrogens is 6. The summed E-state index contributed by atoms with van der Waals surface area (Å²) in [6.45, 7) is 4.03. The van der Waals surface area contributed by atoms with Crippen LogP contribution in [0.4, 0.5) is 0 Å². The molecule has 26 heavy (non-hydrogen) atoms. The molecule has 6 heteroatoms. The fourth-order valence-corrected chi connectivity index (χ4v) is 3.38. The van der Waals surface area contributed by atoms with Crippen molar-refractivity contribution in [3.63, 3.8) is 0 Å². The third kappa shape index (κ3) is 2.34. The van der Waals surface area contributed by atoms with Crippen molar-refractivity contribution in [1.29, 1.82) is 0 Å². The van der Waals surface area contributed by atoms with Gasteiger partial charge in [0.2, 0.25) is 0 Å². The van der Waals surface area contributed by atoms with E-state index in [-0.39, 0.29) is 0 Å². The van der Waals surface area contributed by atoms with Crippen molar-refractivity contribution in [1.82, 2.24) is 29.0 Å². The summed E-state index contributed by atoms with van der Waals surface area (Å²) in [5, 5.41) is 6.93. The van der Waals surface area contributed by atoms with Crippen LogP contribution in [0, 0.1) is 13.8 Å². The first kappa shape index (κ1) is 15.0. The monoisotopic (exact) mass is 342 g/mol. The summed E-state index contributed by atoms with van der Waals surface area (Å²) in [6.07, 6.45) is 7.49. The number of rotatable bonds is 3. The SMILES string of the molecule is Cc1ncc(C)n2cc(CCc3nc4c5ccccc5ccn4n3)nc12. The third-order valence-corrected chi connectivity index (χ3v) is 4.78. The molecule has 0 aliphatic heterocycles. The fraction of sp³-hybridized carbons (Fsp3) is 0.200. The van der Waals surface area contributed by atoms with Crippen LogP contribution in [0.5, 0.6) is 0 Å². The predicted molar refractivity (Wildman–Crippen MR) is 100 cm³/mol. The Bertz CT molecular complexity index is 1220. The van der Waals surface area contributed by atoms with E-state index in [2.05, 4.69) is 38.9 Å². The van der Waals surface area contributed by atoms with Crippen LogP contribution in [0.3, 0.4) is 0 Å².